The van der Waals surface area contributed by atoms with E-state index in [1.807, 2.05) is 6.07 Å². The van der Waals surface area contributed by atoms with E-state index in [1.165, 1.54) is 7.11 Å². The molecule has 2 atom stereocenters. The van der Waals surface area contributed by atoms with Gasteiger partial charge in [-0.3, -0.25) is 4.90 Å². The highest BCUT2D eigenvalue weighted by atomic mass is 19.1. The average molecular weight is 411 g/mol. The van der Waals surface area contributed by atoms with Crippen molar-refractivity contribution in [2.45, 2.75) is 63.4 Å². The minimum Gasteiger partial charge on any atom is -0.493 e. The lowest BCUT2D eigenvalue weighted by Crippen LogP contribution is -2.50. The number of hydrogen-bond acceptors (Lipinski definition) is 5. The van der Waals surface area contributed by atoms with E-state index < -0.39 is 11.5 Å². The van der Waals surface area contributed by atoms with E-state index >= 15 is 4.39 Å². The van der Waals surface area contributed by atoms with E-state index in [2.05, 4.69) is 25.7 Å². The van der Waals surface area contributed by atoms with Crippen LogP contribution in [0.2, 0.25) is 0 Å². The van der Waals surface area contributed by atoms with Gasteiger partial charge in [-0.05, 0) is 57.2 Å². The molecule has 0 spiro atoms. The number of nitrogens with zero attached hydrogens (tertiary/aromatic N) is 1. The van der Waals surface area contributed by atoms with Crippen LogP contribution in [0.25, 0.3) is 0 Å². The molecule has 1 aromatic rings. The Bertz CT molecular complexity index is 760. The molecule has 0 aromatic heterocycles. The zero-order valence-corrected chi connectivity index (χ0v) is 17.7. The predicted molar refractivity (Wildman–Crippen MR) is 105 cm³/mol. The van der Waals surface area contributed by atoms with Gasteiger partial charge in [0.2, 0.25) is 0 Å². The van der Waals surface area contributed by atoms with Crippen LogP contribution in [-0.2, 0) is 15.9 Å². The van der Waals surface area contributed by atoms with E-state index in [-0.39, 0.29) is 43.3 Å². The second kappa shape index (κ2) is 7.67. The summed E-state index contributed by atoms with van der Waals surface area (Å²) < 4.78 is 51.6. The number of halogens is 2. The van der Waals surface area contributed by atoms with Crippen molar-refractivity contribution in [3.63, 3.8) is 0 Å². The van der Waals surface area contributed by atoms with Crippen molar-refractivity contribution in [3.8, 4) is 11.5 Å². The number of benzene rings is 1. The summed E-state index contributed by atoms with van der Waals surface area (Å²) in [5.74, 6) is -0.0932. The van der Waals surface area contributed by atoms with Gasteiger partial charge in [-0.2, -0.15) is 0 Å². The topological polar surface area (TPSA) is 40.2 Å². The van der Waals surface area contributed by atoms with E-state index in [1.54, 1.807) is 0 Å². The molecule has 0 N–H and O–H groups in total. The molecule has 5 nitrogen and oxygen atoms in total. The third kappa shape index (κ3) is 4.23. The highest BCUT2D eigenvalue weighted by molar-refractivity contribution is 5.51. The van der Waals surface area contributed by atoms with Gasteiger partial charge in [-0.15, -0.1) is 0 Å². The Morgan fingerprint density at radius 3 is 2.66 bits per heavy atom. The summed E-state index contributed by atoms with van der Waals surface area (Å²) in [5.41, 5.74) is -0.106. The molecule has 7 heteroatoms. The molecule has 3 aliphatic heterocycles. The molecule has 1 aromatic carbocycles. The lowest BCUT2D eigenvalue weighted by atomic mass is 9.85. The third-order valence-electron chi connectivity index (χ3n) is 5.91. The number of fused-ring (bicyclic) bond motifs is 3. The van der Waals surface area contributed by atoms with Gasteiger partial charge in [-0.25, -0.2) is 8.78 Å². The maximum absolute atomic E-state index is 15.4. The van der Waals surface area contributed by atoms with Crippen LogP contribution in [0.4, 0.5) is 8.78 Å². The molecule has 0 radical (unpaired) electrons. The Morgan fingerprint density at radius 2 is 2.03 bits per heavy atom. The normalized spacial score (nSPS) is 26.3. The molecule has 162 valence electrons. The molecule has 2 unspecified atom stereocenters. The SMILES string of the molecule is COc1cc2c(c(F)c1OCC1(F)COC1)CCN1CC(OC(C)(C)C)CCC21. The van der Waals surface area contributed by atoms with Crippen LogP contribution in [0.1, 0.15) is 50.8 Å². The first kappa shape index (κ1) is 20.8. The van der Waals surface area contributed by atoms with Gasteiger partial charge in [0.15, 0.2) is 23.0 Å². The van der Waals surface area contributed by atoms with Gasteiger partial charge in [-0.1, -0.05) is 0 Å². The summed E-state index contributed by atoms with van der Waals surface area (Å²) in [5, 5.41) is 0. The first-order valence-electron chi connectivity index (χ1n) is 10.4. The van der Waals surface area contributed by atoms with Crippen molar-refractivity contribution in [1.82, 2.24) is 4.90 Å². The van der Waals surface area contributed by atoms with Crippen LogP contribution in [0, 0.1) is 5.82 Å². The zero-order chi connectivity index (χ0) is 20.8. The van der Waals surface area contributed by atoms with Crippen molar-refractivity contribution >= 4 is 0 Å². The van der Waals surface area contributed by atoms with Crippen LogP contribution >= 0.6 is 0 Å². The fourth-order valence-corrected chi connectivity index (χ4v) is 4.57. The monoisotopic (exact) mass is 411 g/mol. The number of methoxy groups -OCH3 is 1. The number of alkyl halides is 1. The average Bonchev–Trinajstić information content (AvgIpc) is 2.63. The Kier molecular flexibility index (Phi) is 5.51. The Labute approximate surface area is 171 Å². The van der Waals surface area contributed by atoms with Crippen molar-refractivity contribution in [2.75, 3.05) is 40.0 Å². The van der Waals surface area contributed by atoms with Gasteiger partial charge >= 0.3 is 0 Å². The Balaban J connectivity index is 1.55. The number of ether oxygens (including phenoxy) is 4. The van der Waals surface area contributed by atoms with Crippen molar-refractivity contribution in [1.29, 1.82) is 0 Å². The molecular weight excluding hydrogens is 380 g/mol. The van der Waals surface area contributed by atoms with Gasteiger partial charge in [0.25, 0.3) is 0 Å². The largest absolute Gasteiger partial charge is 0.493 e. The summed E-state index contributed by atoms with van der Waals surface area (Å²) in [7, 11) is 1.49. The molecule has 3 heterocycles. The minimum absolute atomic E-state index is 0.00776. The van der Waals surface area contributed by atoms with Crippen LogP contribution in [0.3, 0.4) is 0 Å². The Hall–Kier alpha value is -1.44. The summed E-state index contributed by atoms with van der Waals surface area (Å²) in [6.07, 6.45) is 2.61. The summed E-state index contributed by atoms with van der Waals surface area (Å²) in [6.45, 7) is 7.56. The molecular formula is C22H31F2NO4. The maximum Gasteiger partial charge on any atom is 0.197 e. The van der Waals surface area contributed by atoms with E-state index in [9.17, 15) is 4.39 Å². The third-order valence-corrected chi connectivity index (χ3v) is 5.91. The Morgan fingerprint density at radius 1 is 1.28 bits per heavy atom. The number of hydrogen-bond donors (Lipinski definition) is 0. The smallest absolute Gasteiger partial charge is 0.197 e. The quantitative estimate of drug-likeness (QED) is 0.737. The summed E-state index contributed by atoms with van der Waals surface area (Å²) in [4.78, 5) is 2.38. The van der Waals surface area contributed by atoms with E-state index in [0.717, 1.165) is 31.5 Å². The highest BCUT2D eigenvalue weighted by Crippen LogP contribution is 2.44. The van der Waals surface area contributed by atoms with Crippen LogP contribution < -0.4 is 9.47 Å². The first-order valence-corrected chi connectivity index (χ1v) is 10.4. The van der Waals surface area contributed by atoms with Gasteiger partial charge in [0.1, 0.15) is 6.61 Å². The lowest BCUT2D eigenvalue weighted by Gasteiger charge is -2.45. The van der Waals surface area contributed by atoms with Crippen LogP contribution in [0.15, 0.2) is 6.07 Å². The molecule has 0 amide bonds. The first-order chi connectivity index (χ1) is 13.7. The fraction of sp³-hybridized carbons (Fsp3) is 0.727. The van der Waals surface area contributed by atoms with Gasteiger partial charge < -0.3 is 18.9 Å². The molecule has 0 bridgehead atoms. The van der Waals surface area contributed by atoms with E-state index in [0.29, 0.717) is 17.7 Å². The van der Waals surface area contributed by atoms with Gasteiger partial charge in [0.05, 0.1) is 32.0 Å². The molecule has 4 rings (SSSR count). The molecule has 29 heavy (non-hydrogen) atoms. The molecule has 0 aliphatic carbocycles. The van der Waals surface area contributed by atoms with Crippen molar-refractivity contribution in [2.24, 2.45) is 0 Å². The summed E-state index contributed by atoms with van der Waals surface area (Å²) in [6, 6.07) is 2.01. The second-order valence-electron chi connectivity index (χ2n) is 9.41. The maximum atomic E-state index is 15.4. The molecule has 2 saturated heterocycles. The number of piperidine rings is 1. The van der Waals surface area contributed by atoms with Gasteiger partial charge in [0, 0.05) is 19.1 Å². The standard InChI is InChI=1S/C22H31F2NO4/c1-21(2,3)29-14-5-6-17-16-9-18(26-4)20(28-13-22(24)11-27-12-22)19(23)15(16)7-8-25(17)10-14/h9,14,17H,5-8,10-13H2,1-4H3. The lowest BCUT2D eigenvalue weighted by molar-refractivity contribution is -0.146. The molecule has 3 aliphatic rings. The zero-order valence-electron chi connectivity index (χ0n) is 17.7. The number of rotatable bonds is 5. The van der Waals surface area contributed by atoms with Crippen molar-refractivity contribution in [3.05, 3.63) is 23.0 Å². The minimum atomic E-state index is -1.55. The van der Waals surface area contributed by atoms with Crippen LogP contribution in [-0.4, -0.2) is 62.3 Å². The highest BCUT2D eigenvalue weighted by Gasteiger charge is 2.41. The summed E-state index contributed by atoms with van der Waals surface area (Å²) >= 11 is 0. The molecule has 0 saturated carbocycles. The van der Waals surface area contributed by atoms with Crippen molar-refractivity contribution < 1.29 is 27.7 Å². The molecule has 2 fully saturated rings. The van der Waals surface area contributed by atoms with Crippen LogP contribution in [0.5, 0.6) is 11.5 Å². The second-order valence-corrected chi connectivity index (χ2v) is 9.41. The van der Waals surface area contributed by atoms with E-state index in [4.69, 9.17) is 18.9 Å². The predicted octanol–water partition coefficient (Wildman–Crippen LogP) is 3.83. The fourth-order valence-electron chi connectivity index (χ4n) is 4.57.